The van der Waals surface area contributed by atoms with Crippen LogP contribution in [0.25, 0.3) is 11.0 Å². The number of rotatable bonds is 8. The first-order chi connectivity index (χ1) is 15.4. The summed E-state index contributed by atoms with van der Waals surface area (Å²) in [6.07, 6.45) is 2.64. The van der Waals surface area contributed by atoms with Gasteiger partial charge in [-0.1, -0.05) is 29.8 Å². The minimum atomic E-state index is -3.49. The second kappa shape index (κ2) is 9.81. The third-order valence-corrected chi connectivity index (χ3v) is 7.70. The fourth-order valence-electron chi connectivity index (χ4n) is 3.91. The Morgan fingerprint density at radius 1 is 1.03 bits per heavy atom. The van der Waals surface area contributed by atoms with Crippen LogP contribution >= 0.6 is 0 Å². The highest BCUT2D eigenvalue weighted by Gasteiger charge is 2.28. The molecule has 1 aromatic heterocycles. The van der Waals surface area contributed by atoms with Gasteiger partial charge in [-0.3, -0.25) is 9.69 Å². The van der Waals surface area contributed by atoms with E-state index in [4.69, 9.17) is 0 Å². The van der Waals surface area contributed by atoms with Gasteiger partial charge in [0.05, 0.1) is 28.8 Å². The smallest absolute Gasteiger partial charge is 0.243 e. The summed E-state index contributed by atoms with van der Waals surface area (Å²) in [4.78, 5) is 19.0. The van der Waals surface area contributed by atoms with Crippen molar-refractivity contribution in [1.82, 2.24) is 24.1 Å². The summed E-state index contributed by atoms with van der Waals surface area (Å²) in [6, 6.07) is 14.9. The van der Waals surface area contributed by atoms with Crippen LogP contribution in [-0.2, 0) is 21.4 Å². The Morgan fingerprint density at radius 3 is 2.50 bits per heavy atom. The minimum absolute atomic E-state index is 0.0321. The molecule has 0 radical (unpaired) electrons. The molecule has 1 amide bonds. The van der Waals surface area contributed by atoms with Crippen LogP contribution in [-0.4, -0.2) is 72.3 Å². The van der Waals surface area contributed by atoms with Crippen molar-refractivity contribution in [3.63, 3.8) is 0 Å². The molecule has 2 heterocycles. The molecule has 0 aliphatic carbocycles. The van der Waals surface area contributed by atoms with Gasteiger partial charge in [0.1, 0.15) is 0 Å². The molecule has 8 nitrogen and oxygen atoms in total. The van der Waals surface area contributed by atoms with E-state index in [9.17, 15) is 13.2 Å². The summed E-state index contributed by atoms with van der Waals surface area (Å²) in [7, 11) is -3.49. The first kappa shape index (κ1) is 22.4. The summed E-state index contributed by atoms with van der Waals surface area (Å²) in [5.74, 6) is -0.0321. The molecule has 9 heteroatoms. The van der Waals surface area contributed by atoms with Crippen molar-refractivity contribution in [2.75, 3.05) is 39.3 Å². The molecule has 170 valence electrons. The number of sulfonamides is 1. The molecule has 0 spiro atoms. The lowest BCUT2D eigenvalue weighted by Crippen LogP contribution is -2.51. The maximum absolute atomic E-state index is 12.8. The van der Waals surface area contributed by atoms with Crippen molar-refractivity contribution < 1.29 is 13.2 Å². The topological polar surface area (TPSA) is 87.5 Å². The molecule has 4 rings (SSSR count). The monoisotopic (exact) mass is 455 g/mol. The number of hydrogen-bond acceptors (Lipinski definition) is 5. The van der Waals surface area contributed by atoms with Gasteiger partial charge in [-0.05, 0) is 37.6 Å². The van der Waals surface area contributed by atoms with E-state index in [-0.39, 0.29) is 12.5 Å². The van der Waals surface area contributed by atoms with Gasteiger partial charge in [-0.25, -0.2) is 13.4 Å². The lowest BCUT2D eigenvalue weighted by atomic mass is 10.2. The van der Waals surface area contributed by atoms with E-state index in [0.29, 0.717) is 37.6 Å². The van der Waals surface area contributed by atoms with Crippen LogP contribution in [0.5, 0.6) is 0 Å². The number of carbonyl (C=O) groups excluding carboxylic acids is 1. The lowest BCUT2D eigenvalue weighted by molar-refractivity contribution is -0.122. The Balaban J connectivity index is 1.19. The quantitative estimate of drug-likeness (QED) is 0.524. The summed E-state index contributed by atoms with van der Waals surface area (Å²) < 4.78 is 29.2. The van der Waals surface area contributed by atoms with Crippen molar-refractivity contribution in [2.45, 2.75) is 24.8 Å². The Bertz CT molecular complexity index is 1170. The molecule has 3 aromatic rings. The largest absolute Gasteiger partial charge is 0.355 e. The highest BCUT2D eigenvalue weighted by atomic mass is 32.2. The van der Waals surface area contributed by atoms with E-state index in [2.05, 4.69) is 14.9 Å². The first-order valence-corrected chi connectivity index (χ1v) is 12.3. The number of amides is 1. The number of para-hydroxylation sites is 2. The number of piperazine rings is 1. The van der Waals surface area contributed by atoms with Crippen molar-refractivity contribution in [1.29, 1.82) is 0 Å². The SMILES string of the molecule is Cc1ccc(S(=O)(=O)N2CCN(CC(=O)NCCCn3cnc4ccccc43)CC2)cc1. The predicted octanol–water partition coefficient (Wildman–Crippen LogP) is 1.86. The highest BCUT2D eigenvalue weighted by molar-refractivity contribution is 7.89. The van der Waals surface area contributed by atoms with Gasteiger partial charge < -0.3 is 9.88 Å². The van der Waals surface area contributed by atoms with E-state index in [1.165, 1.54) is 4.31 Å². The average molecular weight is 456 g/mol. The Kier molecular flexibility index (Phi) is 6.88. The van der Waals surface area contributed by atoms with Crippen LogP contribution in [0, 0.1) is 6.92 Å². The fourth-order valence-corrected chi connectivity index (χ4v) is 5.33. The number of aromatic nitrogens is 2. The van der Waals surface area contributed by atoms with E-state index in [1.54, 1.807) is 12.1 Å². The van der Waals surface area contributed by atoms with Crippen LogP contribution < -0.4 is 5.32 Å². The molecule has 1 fully saturated rings. The molecule has 1 aliphatic heterocycles. The van der Waals surface area contributed by atoms with Gasteiger partial charge in [-0.2, -0.15) is 4.31 Å². The summed E-state index contributed by atoms with van der Waals surface area (Å²) in [5.41, 5.74) is 3.09. The molecule has 0 bridgehead atoms. The number of imidazole rings is 1. The van der Waals surface area contributed by atoms with Gasteiger partial charge in [0.2, 0.25) is 15.9 Å². The fraction of sp³-hybridized carbons (Fsp3) is 0.391. The molecular formula is C23H29N5O3S. The maximum Gasteiger partial charge on any atom is 0.243 e. The van der Waals surface area contributed by atoms with E-state index >= 15 is 0 Å². The zero-order valence-electron chi connectivity index (χ0n) is 18.3. The third kappa shape index (κ3) is 5.17. The molecular weight excluding hydrogens is 426 g/mol. The van der Waals surface area contributed by atoms with Gasteiger partial charge >= 0.3 is 0 Å². The Labute approximate surface area is 188 Å². The van der Waals surface area contributed by atoms with Crippen LogP contribution in [0.15, 0.2) is 59.8 Å². The number of nitrogens with zero attached hydrogens (tertiary/aromatic N) is 4. The number of fused-ring (bicyclic) bond motifs is 1. The van der Waals surface area contributed by atoms with E-state index in [1.807, 2.05) is 54.5 Å². The van der Waals surface area contributed by atoms with Crippen LogP contribution in [0.3, 0.4) is 0 Å². The number of benzene rings is 2. The Morgan fingerprint density at radius 2 is 1.75 bits per heavy atom. The average Bonchev–Trinajstić information content (AvgIpc) is 3.20. The minimum Gasteiger partial charge on any atom is -0.355 e. The normalized spacial score (nSPS) is 15.8. The van der Waals surface area contributed by atoms with Crippen LogP contribution in [0.1, 0.15) is 12.0 Å². The molecule has 32 heavy (non-hydrogen) atoms. The third-order valence-electron chi connectivity index (χ3n) is 5.78. The number of carbonyl (C=O) groups is 1. The number of hydrogen-bond donors (Lipinski definition) is 1. The van der Waals surface area contributed by atoms with Crippen LogP contribution in [0.2, 0.25) is 0 Å². The molecule has 1 aliphatic rings. The summed E-state index contributed by atoms with van der Waals surface area (Å²) in [5, 5.41) is 2.97. The van der Waals surface area contributed by atoms with Crippen LogP contribution in [0.4, 0.5) is 0 Å². The zero-order chi connectivity index (χ0) is 22.6. The van der Waals surface area contributed by atoms with Gasteiger partial charge in [0, 0.05) is 39.3 Å². The molecule has 0 atom stereocenters. The predicted molar refractivity (Wildman–Crippen MR) is 124 cm³/mol. The second-order valence-electron chi connectivity index (χ2n) is 8.12. The maximum atomic E-state index is 12.8. The van der Waals surface area contributed by atoms with Crippen molar-refractivity contribution in [3.8, 4) is 0 Å². The van der Waals surface area contributed by atoms with Crippen molar-refractivity contribution in [2.24, 2.45) is 0 Å². The highest BCUT2D eigenvalue weighted by Crippen LogP contribution is 2.18. The van der Waals surface area contributed by atoms with Crippen molar-refractivity contribution in [3.05, 3.63) is 60.4 Å². The van der Waals surface area contributed by atoms with Crippen molar-refractivity contribution >= 4 is 27.0 Å². The van der Waals surface area contributed by atoms with E-state index < -0.39 is 10.0 Å². The zero-order valence-corrected chi connectivity index (χ0v) is 19.1. The molecule has 0 unspecified atom stereocenters. The lowest BCUT2D eigenvalue weighted by Gasteiger charge is -2.33. The second-order valence-corrected chi connectivity index (χ2v) is 10.1. The standard InChI is InChI=1S/C23H29N5O3S/c1-19-7-9-20(10-8-19)32(30,31)28-15-13-26(14-16-28)17-23(29)24-11-4-12-27-18-25-21-5-2-3-6-22(21)27/h2-3,5-10,18H,4,11-17H2,1H3,(H,24,29). The first-order valence-electron chi connectivity index (χ1n) is 10.9. The summed E-state index contributed by atoms with van der Waals surface area (Å²) >= 11 is 0. The summed E-state index contributed by atoms with van der Waals surface area (Å²) in [6.45, 7) is 5.45. The molecule has 1 saturated heterocycles. The molecule has 2 aromatic carbocycles. The Hall–Kier alpha value is -2.75. The number of aryl methyl sites for hydroxylation is 2. The molecule has 1 N–H and O–H groups in total. The van der Waals surface area contributed by atoms with Gasteiger partial charge in [0.15, 0.2) is 0 Å². The number of nitrogens with one attached hydrogen (secondary N) is 1. The van der Waals surface area contributed by atoms with E-state index in [0.717, 1.165) is 29.6 Å². The van der Waals surface area contributed by atoms with Gasteiger partial charge in [-0.15, -0.1) is 0 Å². The van der Waals surface area contributed by atoms with Gasteiger partial charge in [0.25, 0.3) is 0 Å². The molecule has 0 saturated carbocycles.